The molecule has 1 aromatic heterocycles. The van der Waals surface area contributed by atoms with Gasteiger partial charge in [-0.3, -0.25) is 9.89 Å². The maximum absolute atomic E-state index is 12.2. The number of nitrogens with one attached hydrogen (secondary N) is 1. The summed E-state index contributed by atoms with van der Waals surface area (Å²) in [7, 11) is 0. The van der Waals surface area contributed by atoms with Crippen molar-refractivity contribution >= 4 is 5.78 Å². The third kappa shape index (κ3) is 2.31. The van der Waals surface area contributed by atoms with Gasteiger partial charge in [0.15, 0.2) is 5.78 Å². The normalized spacial score (nSPS) is 10.3. The van der Waals surface area contributed by atoms with Gasteiger partial charge in [-0.15, -0.1) is 0 Å². The zero-order valence-corrected chi connectivity index (χ0v) is 10.2. The van der Waals surface area contributed by atoms with E-state index < -0.39 is 0 Å². The number of aromatic amines is 1. The van der Waals surface area contributed by atoms with Gasteiger partial charge in [-0.2, -0.15) is 5.10 Å². The number of benzene rings is 2. The van der Waals surface area contributed by atoms with Crippen LogP contribution in [-0.4, -0.2) is 16.0 Å². The largest absolute Gasteiger partial charge is 0.289 e. The molecule has 3 heteroatoms. The molecule has 0 saturated heterocycles. The molecule has 92 valence electrons. The summed E-state index contributed by atoms with van der Waals surface area (Å²) in [5.74, 6) is 0.0387. The highest BCUT2D eigenvalue weighted by Crippen LogP contribution is 2.18. The number of carbonyl (C=O) groups is 1. The first-order valence-electron chi connectivity index (χ1n) is 6.04. The molecule has 0 amide bonds. The van der Waals surface area contributed by atoms with E-state index in [9.17, 15) is 4.79 Å². The van der Waals surface area contributed by atoms with Crippen LogP contribution in [0, 0.1) is 0 Å². The molecule has 1 heterocycles. The van der Waals surface area contributed by atoms with Crippen molar-refractivity contribution in [2.45, 2.75) is 0 Å². The van der Waals surface area contributed by atoms with Crippen LogP contribution in [-0.2, 0) is 0 Å². The number of hydrogen-bond acceptors (Lipinski definition) is 2. The SMILES string of the molecule is O=C(c1ccccc1)c1ccc(-c2ccn[nH]2)cc1. The Labute approximate surface area is 110 Å². The zero-order chi connectivity index (χ0) is 13.1. The maximum Gasteiger partial charge on any atom is 0.193 e. The second-order valence-electron chi connectivity index (χ2n) is 4.24. The smallest absolute Gasteiger partial charge is 0.193 e. The van der Waals surface area contributed by atoms with Crippen molar-refractivity contribution in [2.24, 2.45) is 0 Å². The lowest BCUT2D eigenvalue weighted by atomic mass is 10.0. The minimum atomic E-state index is 0.0387. The first-order valence-corrected chi connectivity index (χ1v) is 6.04. The van der Waals surface area contributed by atoms with E-state index in [-0.39, 0.29) is 5.78 Å². The molecule has 3 aromatic rings. The molecule has 0 aliphatic heterocycles. The summed E-state index contributed by atoms with van der Waals surface area (Å²) in [6.07, 6.45) is 1.71. The molecule has 0 fully saturated rings. The van der Waals surface area contributed by atoms with Crippen molar-refractivity contribution in [2.75, 3.05) is 0 Å². The Balaban J connectivity index is 1.89. The molecular formula is C16H12N2O. The van der Waals surface area contributed by atoms with Crippen LogP contribution in [0.5, 0.6) is 0 Å². The number of aromatic nitrogens is 2. The molecule has 2 aromatic carbocycles. The fraction of sp³-hybridized carbons (Fsp3) is 0. The number of H-pyrrole nitrogens is 1. The third-order valence-corrected chi connectivity index (χ3v) is 2.99. The highest BCUT2D eigenvalue weighted by atomic mass is 16.1. The van der Waals surface area contributed by atoms with Crippen molar-refractivity contribution in [1.29, 1.82) is 0 Å². The van der Waals surface area contributed by atoms with Crippen molar-refractivity contribution in [3.63, 3.8) is 0 Å². The van der Waals surface area contributed by atoms with E-state index in [0.717, 1.165) is 11.3 Å². The Hall–Kier alpha value is -2.68. The van der Waals surface area contributed by atoms with E-state index in [4.69, 9.17) is 0 Å². The summed E-state index contributed by atoms with van der Waals surface area (Å²) in [6, 6.07) is 18.7. The monoisotopic (exact) mass is 248 g/mol. The van der Waals surface area contributed by atoms with Crippen LogP contribution < -0.4 is 0 Å². The number of rotatable bonds is 3. The van der Waals surface area contributed by atoms with E-state index in [1.165, 1.54) is 0 Å². The molecular weight excluding hydrogens is 236 g/mol. The number of ketones is 1. The Morgan fingerprint density at radius 2 is 1.53 bits per heavy atom. The van der Waals surface area contributed by atoms with E-state index in [1.807, 2.05) is 60.7 Å². The minimum absolute atomic E-state index is 0.0387. The van der Waals surface area contributed by atoms with Crippen LogP contribution in [0.4, 0.5) is 0 Å². The Morgan fingerprint density at radius 1 is 0.842 bits per heavy atom. The van der Waals surface area contributed by atoms with Crippen molar-refractivity contribution in [3.05, 3.63) is 78.0 Å². The summed E-state index contributed by atoms with van der Waals surface area (Å²) in [5.41, 5.74) is 3.35. The first-order chi connectivity index (χ1) is 9.34. The van der Waals surface area contributed by atoms with Crippen molar-refractivity contribution < 1.29 is 4.79 Å². The van der Waals surface area contributed by atoms with Gasteiger partial charge in [-0.05, 0) is 11.6 Å². The quantitative estimate of drug-likeness (QED) is 0.723. The molecule has 1 N–H and O–H groups in total. The van der Waals surface area contributed by atoms with E-state index in [0.29, 0.717) is 11.1 Å². The summed E-state index contributed by atoms with van der Waals surface area (Å²) >= 11 is 0. The first kappa shape index (κ1) is 11.4. The highest BCUT2D eigenvalue weighted by Gasteiger charge is 2.08. The predicted molar refractivity (Wildman–Crippen MR) is 73.9 cm³/mol. The lowest BCUT2D eigenvalue weighted by Gasteiger charge is -2.02. The van der Waals surface area contributed by atoms with Crippen LogP contribution in [0.15, 0.2) is 66.9 Å². The molecule has 0 aliphatic carbocycles. The summed E-state index contributed by atoms with van der Waals surface area (Å²) in [6.45, 7) is 0. The van der Waals surface area contributed by atoms with Gasteiger partial charge < -0.3 is 0 Å². The van der Waals surface area contributed by atoms with Gasteiger partial charge in [-0.1, -0.05) is 54.6 Å². The Kier molecular flexibility index (Phi) is 2.94. The van der Waals surface area contributed by atoms with Gasteiger partial charge in [0, 0.05) is 17.3 Å². The van der Waals surface area contributed by atoms with Crippen LogP contribution in [0.25, 0.3) is 11.3 Å². The standard InChI is InChI=1S/C16H12N2O/c19-16(13-4-2-1-3-5-13)14-8-6-12(7-9-14)15-10-11-17-18-15/h1-11H,(H,17,18). The highest BCUT2D eigenvalue weighted by molar-refractivity contribution is 6.09. The molecule has 19 heavy (non-hydrogen) atoms. The fourth-order valence-electron chi connectivity index (χ4n) is 1.97. The lowest BCUT2D eigenvalue weighted by Crippen LogP contribution is -2.00. The number of nitrogens with zero attached hydrogens (tertiary/aromatic N) is 1. The fourth-order valence-corrected chi connectivity index (χ4v) is 1.97. The van der Waals surface area contributed by atoms with Gasteiger partial charge >= 0.3 is 0 Å². The minimum Gasteiger partial charge on any atom is -0.289 e. The molecule has 0 radical (unpaired) electrons. The number of carbonyl (C=O) groups excluding carboxylic acids is 1. The van der Waals surface area contributed by atoms with Crippen LogP contribution >= 0.6 is 0 Å². The average molecular weight is 248 g/mol. The van der Waals surface area contributed by atoms with Crippen LogP contribution in [0.3, 0.4) is 0 Å². The molecule has 0 unspecified atom stereocenters. The maximum atomic E-state index is 12.2. The van der Waals surface area contributed by atoms with Crippen LogP contribution in [0.1, 0.15) is 15.9 Å². The van der Waals surface area contributed by atoms with Gasteiger partial charge in [0.25, 0.3) is 0 Å². The van der Waals surface area contributed by atoms with Crippen molar-refractivity contribution in [1.82, 2.24) is 10.2 Å². The Bertz CT molecular complexity index is 671. The Morgan fingerprint density at radius 3 is 2.16 bits per heavy atom. The second-order valence-corrected chi connectivity index (χ2v) is 4.24. The third-order valence-electron chi connectivity index (χ3n) is 2.99. The topological polar surface area (TPSA) is 45.8 Å². The van der Waals surface area contributed by atoms with Crippen molar-refractivity contribution in [3.8, 4) is 11.3 Å². The average Bonchev–Trinajstić information content (AvgIpc) is 3.02. The zero-order valence-electron chi connectivity index (χ0n) is 10.2. The molecule has 0 aliphatic rings. The van der Waals surface area contributed by atoms with E-state index in [1.54, 1.807) is 6.20 Å². The lowest BCUT2D eigenvalue weighted by molar-refractivity contribution is 0.103. The molecule has 0 atom stereocenters. The van der Waals surface area contributed by atoms with E-state index in [2.05, 4.69) is 10.2 Å². The molecule has 3 rings (SSSR count). The second kappa shape index (κ2) is 4.90. The van der Waals surface area contributed by atoms with Gasteiger partial charge in [-0.25, -0.2) is 0 Å². The molecule has 0 spiro atoms. The summed E-state index contributed by atoms with van der Waals surface area (Å²) in [4.78, 5) is 12.2. The molecule has 3 nitrogen and oxygen atoms in total. The van der Waals surface area contributed by atoms with Gasteiger partial charge in [0.1, 0.15) is 0 Å². The van der Waals surface area contributed by atoms with Crippen LogP contribution in [0.2, 0.25) is 0 Å². The molecule has 0 saturated carbocycles. The summed E-state index contributed by atoms with van der Waals surface area (Å²) in [5, 5.41) is 6.81. The van der Waals surface area contributed by atoms with Gasteiger partial charge in [0.05, 0.1) is 5.69 Å². The molecule has 0 bridgehead atoms. The van der Waals surface area contributed by atoms with E-state index >= 15 is 0 Å². The summed E-state index contributed by atoms with van der Waals surface area (Å²) < 4.78 is 0. The predicted octanol–water partition coefficient (Wildman–Crippen LogP) is 3.31. The number of hydrogen-bond donors (Lipinski definition) is 1. The van der Waals surface area contributed by atoms with Gasteiger partial charge in [0.2, 0.25) is 0 Å².